The lowest BCUT2D eigenvalue weighted by Crippen LogP contribution is -2.52. The van der Waals surface area contributed by atoms with Crippen LogP contribution in [0.2, 0.25) is 0 Å². The van der Waals surface area contributed by atoms with Crippen LogP contribution in [-0.2, 0) is 32.2 Å². The summed E-state index contributed by atoms with van der Waals surface area (Å²) in [4.78, 5) is 60.2. The van der Waals surface area contributed by atoms with Crippen molar-refractivity contribution in [3.8, 4) is 11.5 Å². The first-order valence-corrected chi connectivity index (χ1v) is 29.0. The highest BCUT2D eigenvalue weighted by Crippen LogP contribution is 2.47. The maximum absolute atomic E-state index is 13.1. The molecule has 2 aromatic carbocycles. The van der Waals surface area contributed by atoms with E-state index in [2.05, 4.69) is 68.3 Å². The molecule has 74 heavy (non-hydrogen) atoms. The molecule has 2 spiro atoms. The molecule has 408 valence electrons. The molecule has 0 unspecified atom stereocenters. The number of piperidine rings is 2. The second-order valence-electron chi connectivity index (χ2n) is 24.3. The van der Waals surface area contributed by atoms with Crippen molar-refractivity contribution in [2.24, 2.45) is 10.8 Å². The molecule has 4 saturated heterocycles. The van der Waals surface area contributed by atoms with Crippen molar-refractivity contribution in [1.29, 1.82) is 0 Å². The summed E-state index contributed by atoms with van der Waals surface area (Å²) in [5, 5.41) is 6.77. The largest absolute Gasteiger partial charge is 0.494 e. The first kappa shape index (κ1) is 54.2. The number of aryl methyl sites for hydroxylation is 2. The van der Waals surface area contributed by atoms with Gasteiger partial charge in [0.1, 0.15) is 11.5 Å². The van der Waals surface area contributed by atoms with Crippen LogP contribution >= 0.6 is 0 Å². The second-order valence-corrected chi connectivity index (χ2v) is 24.3. The zero-order chi connectivity index (χ0) is 52.4. The predicted molar refractivity (Wildman–Crippen MR) is 288 cm³/mol. The Bertz CT molecular complexity index is 2170. The van der Waals surface area contributed by atoms with Gasteiger partial charge in [-0.1, -0.05) is 12.1 Å². The van der Waals surface area contributed by atoms with Crippen LogP contribution in [0, 0.1) is 24.7 Å². The molecular formula is C60H90N6O8. The number of nitrogens with zero attached hydrogens (tertiary/aromatic N) is 4. The highest BCUT2D eigenvalue weighted by Gasteiger charge is 2.51. The number of ether oxygens (including phenoxy) is 4. The third kappa shape index (κ3) is 12.0. The van der Waals surface area contributed by atoms with Crippen LogP contribution < -0.4 is 20.1 Å². The van der Waals surface area contributed by atoms with Gasteiger partial charge in [-0.3, -0.25) is 19.4 Å². The molecule has 0 bridgehead atoms. The number of amides is 4. The van der Waals surface area contributed by atoms with Gasteiger partial charge in [-0.15, -0.1) is 0 Å². The fraction of sp³-hybridized carbons (Fsp3) is 0.733. The Morgan fingerprint density at radius 2 is 0.878 bits per heavy atom. The van der Waals surface area contributed by atoms with E-state index in [0.717, 1.165) is 141 Å². The van der Waals surface area contributed by atoms with Crippen molar-refractivity contribution in [2.45, 2.75) is 206 Å². The quantitative estimate of drug-likeness (QED) is 0.156. The Labute approximate surface area is 442 Å². The zero-order valence-corrected chi connectivity index (χ0v) is 46.5. The van der Waals surface area contributed by atoms with E-state index in [1.165, 1.54) is 59.1 Å². The van der Waals surface area contributed by atoms with Gasteiger partial charge in [-0.05, 0) is 215 Å². The molecule has 2 N–H and O–H groups in total. The van der Waals surface area contributed by atoms with E-state index in [0.29, 0.717) is 38.3 Å². The lowest BCUT2D eigenvalue weighted by Gasteiger charge is -2.41. The summed E-state index contributed by atoms with van der Waals surface area (Å²) in [6.45, 7) is 25.8. The molecule has 0 atom stereocenters. The minimum absolute atomic E-state index is 0.0779. The van der Waals surface area contributed by atoms with Crippen LogP contribution in [0.25, 0.3) is 0 Å². The first-order chi connectivity index (χ1) is 35.5. The number of urea groups is 2. The van der Waals surface area contributed by atoms with Crippen LogP contribution in [0.5, 0.6) is 11.5 Å². The van der Waals surface area contributed by atoms with Crippen LogP contribution in [0.3, 0.4) is 0 Å². The fourth-order valence-electron chi connectivity index (χ4n) is 13.5. The molecule has 8 fully saturated rings. The van der Waals surface area contributed by atoms with Gasteiger partial charge in [-0.2, -0.15) is 0 Å². The molecular weight excluding hydrogens is 933 g/mol. The van der Waals surface area contributed by atoms with E-state index in [-0.39, 0.29) is 47.2 Å². The Kier molecular flexibility index (Phi) is 16.5. The Morgan fingerprint density at radius 1 is 0.527 bits per heavy atom. The maximum atomic E-state index is 13.1. The van der Waals surface area contributed by atoms with Crippen molar-refractivity contribution in [2.75, 3.05) is 65.7 Å². The van der Waals surface area contributed by atoms with Crippen molar-refractivity contribution >= 4 is 24.0 Å². The Balaban J connectivity index is 0.000000182. The first-order valence-electron chi connectivity index (χ1n) is 29.0. The smallest absolute Gasteiger partial charge is 0.318 e. The monoisotopic (exact) mass is 1020 g/mol. The van der Waals surface area contributed by atoms with Gasteiger partial charge in [0.2, 0.25) is 0 Å². The maximum Gasteiger partial charge on any atom is 0.318 e. The molecule has 4 heterocycles. The standard InChI is InChI=1S/2C30H45N3O4/c2*1-5-36-26-18-23(25(17-21(26)3)22-7-8-22)19-32-15-13-30(14-16-32)20-33(28(35)31-30)24-9-11-29(4,12-10-24)27(34)37-6-2/h2*17-18,22,24H,5-16,19-20H2,1-4H3,(H,31,35). The third-order valence-electron chi connectivity index (χ3n) is 18.7. The summed E-state index contributed by atoms with van der Waals surface area (Å²) in [7, 11) is 0. The number of carbonyl (C=O) groups is 4. The molecule has 4 saturated carbocycles. The number of nitrogens with one attached hydrogen (secondary N) is 2. The molecule has 0 radical (unpaired) electrons. The zero-order valence-electron chi connectivity index (χ0n) is 46.5. The fourth-order valence-corrected chi connectivity index (χ4v) is 13.5. The van der Waals surface area contributed by atoms with Gasteiger partial charge in [0.05, 0.1) is 48.3 Å². The molecule has 4 aliphatic carbocycles. The SMILES string of the molecule is CCOC(=O)C1(C)CCC(N2CC3(CCN(Cc4cc(OCC)c(C)cc4C4CC4)CC3)NC2=O)CC1.CCOC(=O)C1(C)CCC(N2CC3(CCN(Cc4cc(OCC)c(C)cc4C4CC4)CC3)NC2=O)CC1. The van der Waals surface area contributed by atoms with Crippen LogP contribution in [0.1, 0.15) is 189 Å². The highest BCUT2D eigenvalue weighted by molar-refractivity contribution is 5.80. The summed E-state index contributed by atoms with van der Waals surface area (Å²) < 4.78 is 22.5. The summed E-state index contributed by atoms with van der Waals surface area (Å²) in [6, 6.07) is 9.86. The van der Waals surface area contributed by atoms with Crippen molar-refractivity contribution in [3.05, 3.63) is 57.6 Å². The van der Waals surface area contributed by atoms with Gasteiger partial charge in [0.15, 0.2) is 0 Å². The third-order valence-corrected chi connectivity index (χ3v) is 18.7. The molecule has 4 amide bonds. The average molecular weight is 1020 g/mol. The number of rotatable bonds is 16. The van der Waals surface area contributed by atoms with Crippen molar-refractivity contribution < 1.29 is 38.1 Å². The van der Waals surface area contributed by atoms with Crippen LogP contribution in [0.15, 0.2) is 24.3 Å². The van der Waals surface area contributed by atoms with E-state index in [1.807, 2.05) is 41.5 Å². The predicted octanol–water partition coefficient (Wildman–Crippen LogP) is 10.3. The number of esters is 2. The summed E-state index contributed by atoms with van der Waals surface area (Å²) in [6.07, 6.45) is 15.7. The minimum Gasteiger partial charge on any atom is -0.494 e. The average Bonchev–Trinajstić information content (AvgIpc) is 4.34. The minimum atomic E-state index is -0.414. The summed E-state index contributed by atoms with van der Waals surface area (Å²) >= 11 is 0. The molecule has 14 nitrogen and oxygen atoms in total. The van der Waals surface area contributed by atoms with Crippen LogP contribution in [0.4, 0.5) is 9.59 Å². The van der Waals surface area contributed by atoms with Gasteiger partial charge in [0, 0.05) is 64.4 Å². The topological polar surface area (TPSA) is 142 Å². The number of benzene rings is 2. The summed E-state index contributed by atoms with van der Waals surface area (Å²) in [5.41, 5.74) is 7.24. The molecule has 14 heteroatoms. The van der Waals surface area contributed by atoms with E-state index in [1.54, 1.807) is 0 Å². The number of hydrogen-bond donors (Lipinski definition) is 2. The Morgan fingerprint density at radius 3 is 1.19 bits per heavy atom. The van der Waals surface area contributed by atoms with Crippen LogP contribution in [-0.4, -0.2) is 132 Å². The number of likely N-dealkylation sites (tertiary alicyclic amines) is 2. The van der Waals surface area contributed by atoms with Gasteiger partial charge in [0.25, 0.3) is 0 Å². The summed E-state index contributed by atoms with van der Waals surface area (Å²) in [5.74, 6) is 3.28. The normalized spacial score (nSPS) is 27.8. The molecule has 4 aliphatic heterocycles. The van der Waals surface area contributed by atoms with E-state index in [9.17, 15) is 19.2 Å². The lowest BCUT2D eigenvalue weighted by atomic mass is 9.73. The van der Waals surface area contributed by atoms with Gasteiger partial charge < -0.3 is 39.4 Å². The lowest BCUT2D eigenvalue weighted by molar-refractivity contribution is -0.157. The van der Waals surface area contributed by atoms with Gasteiger partial charge >= 0.3 is 24.0 Å². The number of carbonyl (C=O) groups excluding carboxylic acids is 4. The van der Waals surface area contributed by atoms with Crippen molar-refractivity contribution in [1.82, 2.24) is 30.2 Å². The second kappa shape index (κ2) is 22.6. The van der Waals surface area contributed by atoms with Gasteiger partial charge in [-0.25, -0.2) is 9.59 Å². The van der Waals surface area contributed by atoms with E-state index >= 15 is 0 Å². The highest BCUT2D eigenvalue weighted by atomic mass is 16.5. The molecule has 8 aliphatic rings. The van der Waals surface area contributed by atoms with E-state index in [4.69, 9.17) is 18.9 Å². The molecule has 2 aromatic rings. The number of hydrogen-bond acceptors (Lipinski definition) is 10. The van der Waals surface area contributed by atoms with E-state index < -0.39 is 10.8 Å². The van der Waals surface area contributed by atoms with Crippen molar-refractivity contribution in [3.63, 3.8) is 0 Å². The molecule has 0 aromatic heterocycles. The molecule has 10 rings (SSSR count). The Hall–Kier alpha value is -4.56.